The van der Waals surface area contributed by atoms with Crippen molar-refractivity contribution in [3.8, 4) is 0 Å². The minimum Gasteiger partial charge on any atom is -0.355 e. The number of imidazole rings is 1. The van der Waals surface area contributed by atoms with Gasteiger partial charge in [0.15, 0.2) is 5.16 Å². The molecule has 1 aromatic heterocycles. The Kier molecular flexibility index (Phi) is 5.43. The maximum absolute atomic E-state index is 12.0. The first-order chi connectivity index (χ1) is 11.6. The number of amides is 1. The van der Waals surface area contributed by atoms with Gasteiger partial charge in [-0.3, -0.25) is 4.79 Å². The summed E-state index contributed by atoms with van der Waals surface area (Å²) in [5.74, 6) is 0.374. The van der Waals surface area contributed by atoms with E-state index in [1.54, 1.807) is 0 Å². The Hall–Kier alpha value is -1.98. The van der Waals surface area contributed by atoms with Gasteiger partial charge in [-0.25, -0.2) is 4.98 Å². The Morgan fingerprint density at radius 1 is 1.21 bits per heavy atom. The Morgan fingerprint density at radius 3 is 2.71 bits per heavy atom. The molecular formula is C18H18ClN3OS. The summed E-state index contributed by atoms with van der Waals surface area (Å²) < 4.78 is 2.01. The van der Waals surface area contributed by atoms with Crippen LogP contribution in [0.4, 0.5) is 0 Å². The summed E-state index contributed by atoms with van der Waals surface area (Å²) >= 11 is 7.31. The number of benzene rings is 2. The molecule has 1 amide bonds. The molecule has 124 valence electrons. The normalized spacial score (nSPS) is 10.9. The highest BCUT2D eigenvalue weighted by Crippen LogP contribution is 2.22. The number of nitrogens with zero attached hydrogens (tertiary/aromatic N) is 2. The predicted molar refractivity (Wildman–Crippen MR) is 99.6 cm³/mol. The van der Waals surface area contributed by atoms with Crippen LogP contribution in [0, 0.1) is 0 Å². The van der Waals surface area contributed by atoms with Crippen LogP contribution in [0.3, 0.4) is 0 Å². The average molecular weight is 360 g/mol. The molecule has 3 rings (SSSR count). The minimum atomic E-state index is 0.0148. The molecule has 4 nitrogen and oxygen atoms in total. The number of para-hydroxylation sites is 2. The molecule has 0 saturated heterocycles. The molecule has 0 spiro atoms. The van der Waals surface area contributed by atoms with E-state index in [2.05, 4.69) is 10.3 Å². The number of thioether (sulfide) groups is 1. The van der Waals surface area contributed by atoms with E-state index in [-0.39, 0.29) is 5.91 Å². The number of halogens is 1. The van der Waals surface area contributed by atoms with E-state index in [9.17, 15) is 4.79 Å². The summed E-state index contributed by atoms with van der Waals surface area (Å²) in [4.78, 5) is 16.6. The lowest BCUT2D eigenvalue weighted by Gasteiger charge is -2.06. The number of hydrogen-bond acceptors (Lipinski definition) is 3. The number of carbonyl (C=O) groups is 1. The molecule has 0 bridgehead atoms. The van der Waals surface area contributed by atoms with Gasteiger partial charge < -0.3 is 9.88 Å². The van der Waals surface area contributed by atoms with Crippen molar-refractivity contribution in [1.29, 1.82) is 0 Å². The fourth-order valence-electron chi connectivity index (χ4n) is 2.43. The van der Waals surface area contributed by atoms with Crippen molar-refractivity contribution in [3.63, 3.8) is 0 Å². The molecule has 0 atom stereocenters. The first kappa shape index (κ1) is 16.9. The largest absolute Gasteiger partial charge is 0.355 e. The smallest absolute Gasteiger partial charge is 0.230 e. The summed E-state index contributed by atoms with van der Waals surface area (Å²) in [6.45, 7) is 0.615. The van der Waals surface area contributed by atoms with Gasteiger partial charge >= 0.3 is 0 Å². The molecule has 24 heavy (non-hydrogen) atoms. The summed E-state index contributed by atoms with van der Waals surface area (Å²) in [5.41, 5.74) is 3.18. The summed E-state index contributed by atoms with van der Waals surface area (Å²) in [7, 11) is 1.97. The number of rotatable bonds is 6. The zero-order valence-electron chi connectivity index (χ0n) is 13.3. The van der Waals surface area contributed by atoms with E-state index in [1.165, 1.54) is 11.8 Å². The highest BCUT2D eigenvalue weighted by molar-refractivity contribution is 7.99. The van der Waals surface area contributed by atoms with E-state index in [4.69, 9.17) is 11.6 Å². The second kappa shape index (κ2) is 7.73. The summed E-state index contributed by atoms with van der Waals surface area (Å²) in [6, 6.07) is 15.6. The van der Waals surface area contributed by atoms with Crippen molar-refractivity contribution in [2.24, 2.45) is 7.05 Å². The average Bonchev–Trinajstić information content (AvgIpc) is 2.91. The first-order valence-corrected chi connectivity index (χ1v) is 9.05. The Bertz CT molecular complexity index is 845. The Morgan fingerprint density at radius 2 is 1.96 bits per heavy atom. The van der Waals surface area contributed by atoms with Crippen LogP contribution >= 0.6 is 23.4 Å². The van der Waals surface area contributed by atoms with E-state index in [1.807, 2.05) is 60.1 Å². The Labute approximate surface area is 150 Å². The van der Waals surface area contributed by atoms with Crippen molar-refractivity contribution in [2.75, 3.05) is 12.3 Å². The van der Waals surface area contributed by atoms with Crippen LogP contribution < -0.4 is 5.32 Å². The van der Waals surface area contributed by atoms with Crippen molar-refractivity contribution in [1.82, 2.24) is 14.9 Å². The van der Waals surface area contributed by atoms with E-state index < -0.39 is 0 Å². The van der Waals surface area contributed by atoms with E-state index in [0.717, 1.165) is 33.2 Å². The maximum Gasteiger partial charge on any atom is 0.230 e. The van der Waals surface area contributed by atoms with Gasteiger partial charge in [0, 0.05) is 18.6 Å². The zero-order valence-corrected chi connectivity index (χ0v) is 14.9. The predicted octanol–water partition coefficient (Wildman–Crippen LogP) is 3.68. The molecule has 0 aliphatic heterocycles. The SMILES string of the molecule is Cn1c(SCC(=O)NCCc2ccc(Cl)cc2)nc2ccccc21. The lowest BCUT2D eigenvalue weighted by atomic mass is 10.1. The van der Waals surface area contributed by atoms with Gasteiger partial charge in [-0.2, -0.15) is 0 Å². The number of hydrogen-bond donors (Lipinski definition) is 1. The third kappa shape index (κ3) is 4.10. The molecule has 1 heterocycles. The lowest BCUT2D eigenvalue weighted by molar-refractivity contribution is -0.118. The van der Waals surface area contributed by atoms with Crippen LogP contribution in [-0.2, 0) is 18.3 Å². The van der Waals surface area contributed by atoms with Crippen molar-refractivity contribution in [3.05, 3.63) is 59.1 Å². The second-order valence-electron chi connectivity index (χ2n) is 5.46. The molecule has 3 aromatic rings. The fourth-order valence-corrected chi connectivity index (χ4v) is 3.37. The lowest BCUT2D eigenvalue weighted by Crippen LogP contribution is -2.27. The molecule has 0 radical (unpaired) electrons. The molecule has 0 aliphatic carbocycles. The van der Waals surface area contributed by atoms with Gasteiger partial charge in [0.05, 0.1) is 16.8 Å². The van der Waals surface area contributed by atoms with Crippen LogP contribution in [0.2, 0.25) is 5.02 Å². The second-order valence-corrected chi connectivity index (χ2v) is 6.84. The summed E-state index contributed by atoms with van der Waals surface area (Å²) in [6.07, 6.45) is 0.792. The number of carbonyl (C=O) groups excluding carboxylic acids is 1. The number of aryl methyl sites for hydroxylation is 1. The van der Waals surface area contributed by atoms with Gasteiger partial charge in [-0.15, -0.1) is 0 Å². The fraction of sp³-hybridized carbons (Fsp3) is 0.222. The molecule has 6 heteroatoms. The number of aromatic nitrogens is 2. The molecule has 0 unspecified atom stereocenters. The van der Waals surface area contributed by atoms with Crippen LogP contribution in [0.15, 0.2) is 53.7 Å². The third-order valence-corrected chi connectivity index (χ3v) is 5.01. The van der Waals surface area contributed by atoms with Gasteiger partial charge in [0.2, 0.25) is 5.91 Å². The van der Waals surface area contributed by atoms with Gasteiger partial charge in [0.1, 0.15) is 0 Å². The topological polar surface area (TPSA) is 46.9 Å². The third-order valence-electron chi connectivity index (χ3n) is 3.73. The molecular weight excluding hydrogens is 342 g/mol. The van der Waals surface area contributed by atoms with Crippen LogP contribution in [0.25, 0.3) is 11.0 Å². The van der Waals surface area contributed by atoms with Crippen molar-refractivity contribution < 1.29 is 4.79 Å². The number of fused-ring (bicyclic) bond motifs is 1. The van der Waals surface area contributed by atoms with Crippen LogP contribution in [0.1, 0.15) is 5.56 Å². The van der Waals surface area contributed by atoms with E-state index >= 15 is 0 Å². The maximum atomic E-state index is 12.0. The van der Waals surface area contributed by atoms with Crippen LogP contribution in [-0.4, -0.2) is 27.8 Å². The quantitative estimate of drug-likeness (QED) is 0.683. The van der Waals surface area contributed by atoms with Gasteiger partial charge in [0.25, 0.3) is 0 Å². The minimum absolute atomic E-state index is 0.0148. The summed E-state index contributed by atoms with van der Waals surface area (Å²) in [5, 5.41) is 4.51. The van der Waals surface area contributed by atoms with E-state index in [0.29, 0.717) is 12.3 Å². The molecule has 0 fully saturated rings. The molecule has 0 saturated carbocycles. The van der Waals surface area contributed by atoms with Crippen LogP contribution in [0.5, 0.6) is 0 Å². The Balaban J connectivity index is 1.48. The monoisotopic (exact) mass is 359 g/mol. The standard InChI is InChI=1S/C18H18ClN3OS/c1-22-16-5-3-2-4-15(16)21-18(22)24-12-17(23)20-11-10-13-6-8-14(19)9-7-13/h2-9H,10-12H2,1H3,(H,20,23). The van der Waals surface area contributed by atoms with Crippen molar-refractivity contribution in [2.45, 2.75) is 11.6 Å². The first-order valence-electron chi connectivity index (χ1n) is 7.69. The van der Waals surface area contributed by atoms with Gasteiger partial charge in [-0.05, 0) is 36.2 Å². The highest BCUT2D eigenvalue weighted by Gasteiger charge is 2.10. The zero-order chi connectivity index (χ0) is 16.9. The molecule has 2 aromatic carbocycles. The molecule has 1 N–H and O–H groups in total. The number of nitrogens with one attached hydrogen (secondary N) is 1. The van der Waals surface area contributed by atoms with Crippen molar-refractivity contribution >= 4 is 40.3 Å². The molecule has 0 aliphatic rings. The van der Waals surface area contributed by atoms with Gasteiger partial charge in [-0.1, -0.05) is 47.6 Å². The highest BCUT2D eigenvalue weighted by atomic mass is 35.5.